The molecule has 4 heteroatoms. The van der Waals surface area contributed by atoms with E-state index in [1.54, 1.807) is 0 Å². The smallest absolute Gasteiger partial charge is 0.122 e. The third-order valence-electron chi connectivity index (χ3n) is 3.92. The van der Waals surface area contributed by atoms with Crippen molar-refractivity contribution >= 4 is 0 Å². The van der Waals surface area contributed by atoms with Crippen LogP contribution in [0.3, 0.4) is 0 Å². The summed E-state index contributed by atoms with van der Waals surface area (Å²) < 4.78 is 5.80. The second-order valence-electron chi connectivity index (χ2n) is 5.08. The summed E-state index contributed by atoms with van der Waals surface area (Å²) in [5.41, 5.74) is 0.834. The van der Waals surface area contributed by atoms with E-state index in [1.165, 1.54) is 0 Å². The third-order valence-corrected chi connectivity index (χ3v) is 3.92. The van der Waals surface area contributed by atoms with Gasteiger partial charge in [0.25, 0.3) is 0 Å². The van der Waals surface area contributed by atoms with Gasteiger partial charge in [-0.15, -0.1) is 0 Å². The predicted molar refractivity (Wildman–Crippen MR) is 81.1 cm³/mol. The van der Waals surface area contributed by atoms with Gasteiger partial charge in [0.1, 0.15) is 5.75 Å². The molecule has 0 saturated heterocycles. The average Bonchev–Trinajstić information content (AvgIpc) is 2.50. The summed E-state index contributed by atoms with van der Waals surface area (Å²) in [7, 11) is 1.89. The Morgan fingerprint density at radius 3 is 2.60 bits per heavy atom. The molecule has 0 radical (unpaired) electrons. The zero-order chi connectivity index (χ0) is 14.8. The van der Waals surface area contributed by atoms with E-state index in [4.69, 9.17) is 9.84 Å². The Labute approximate surface area is 121 Å². The van der Waals surface area contributed by atoms with E-state index in [9.17, 15) is 5.11 Å². The van der Waals surface area contributed by atoms with Crippen molar-refractivity contribution in [2.75, 3.05) is 26.9 Å². The number of hydrogen-bond donors (Lipinski definition) is 3. The first-order chi connectivity index (χ1) is 9.71. The molecule has 0 aromatic heterocycles. The van der Waals surface area contributed by atoms with Crippen molar-refractivity contribution in [2.24, 2.45) is 0 Å². The predicted octanol–water partition coefficient (Wildman–Crippen LogP) is 1.74. The van der Waals surface area contributed by atoms with Crippen LogP contribution in [-0.4, -0.2) is 42.6 Å². The molecule has 0 spiro atoms. The second-order valence-corrected chi connectivity index (χ2v) is 5.08. The van der Waals surface area contributed by atoms with E-state index >= 15 is 0 Å². The molecule has 1 aromatic rings. The van der Waals surface area contributed by atoms with Crippen LogP contribution in [0.15, 0.2) is 24.3 Å². The fourth-order valence-electron chi connectivity index (χ4n) is 2.31. The summed E-state index contributed by atoms with van der Waals surface area (Å²) in [6.07, 6.45) is 3.25. The maximum Gasteiger partial charge on any atom is 0.122 e. The van der Waals surface area contributed by atoms with Gasteiger partial charge in [0.15, 0.2) is 0 Å². The fourth-order valence-corrected chi connectivity index (χ4v) is 2.31. The van der Waals surface area contributed by atoms with Crippen LogP contribution in [0.25, 0.3) is 0 Å². The summed E-state index contributed by atoms with van der Waals surface area (Å²) in [6, 6.07) is 7.80. The third kappa shape index (κ3) is 4.78. The van der Waals surface area contributed by atoms with Crippen molar-refractivity contribution in [3.63, 3.8) is 0 Å². The van der Waals surface area contributed by atoms with Crippen molar-refractivity contribution in [3.8, 4) is 5.75 Å². The van der Waals surface area contributed by atoms with Gasteiger partial charge in [0.2, 0.25) is 0 Å². The van der Waals surface area contributed by atoms with Crippen LogP contribution in [0.2, 0.25) is 0 Å². The van der Waals surface area contributed by atoms with Gasteiger partial charge in [-0.2, -0.15) is 0 Å². The molecule has 0 aliphatic rings. The molecule has 0 saturated carbocycles. The first-order valence-electron chi connectivity index (χ1n) is 7.32. The van der Waals surface area contributed by atoms with Gasteiger partial charge in [0.05, 0.1) is 13.2 Å². The molecule has 1 rings (SSSR count). The monoisotopic (exact) mass is 281 g/mol. The molecule has 0 fully saturated rings. The van der Waals surface area contributed by atoms with Crippen LogP contribution in [0.4, 0.5) is 0 Å². The number of nitrogens with one attached hydrogen (secondary N) is 1. The van der Waals surface area contributed by atoms with E-state index in [1.807, 2.05) is 31.3 Å². The van der Waals surface area contributed by atoms with Crippen molar-refractivity contribution in [3.05, 3.63) is 29.8 Å². The Balaban J connectivity index is 2.45. The van der Waals surface area contributed by atoms with Crippen LogP contribution in [0.5, 0.6) is 5.75 Å². The summed E-state index contributed by atoms with van der Waals surface area (Å²) in [5, 5.41) is 21.7. The average molecular weight is 281 g/mol. The molecule has 0 heterocycles. The van der Waals surface area contributed by atoms with E-state index in [0.717, 1.165) is 30.6 Å². The van der Waals surface area contributed by atoms with Crippen molar-refractivity contribution < 1.29 is 14.9 Å². The Bertz CT molecular complexity index is 369. The molecule has 1 atom stereocenters. The Kier molecular flexibility index (Phi) is 7.59. The lowest BCUT2D eigenvalue weighted by Gasteiger charge is -2.30. The fraction of sp³-hybridized carbons (Fsp3) is 0.625. The number of rotatable bonds is 10. The van der Waals surface area contributed by atoms with Gasteiger partial charge >= 0.3 is 0 Å². The van der Waals surface area contributed by atoms with Crippen molar-refractivity contribution in [1.29, 1.82) is 0 Å². The highest BCUT2D eigenvalue weighted by molar-refractivity contribution is 5.33. The lowest BCUT2D eigenvalue weighted by Crippen LogP contribution is -2.46. The highest BCUT2D eigenvalue weighted by atomic mass is 16.5. The van der Waals surface area contributed by atoms with Gasteiger partial charge < -0.3 is 20.3 Å². The zero-order valence-corrected chi connectivity index (χ0v) is 12.6. The molecular formula is C16H27NO3. The van der Waals surface area contributed by atoms with Gasteiger partial charge in [-0.3, -0.25) is 0 Å². The molecule has 114 valence electrons. The van der Waals surface area contributed by atoms with E-state index < -0.39 is 0 Å². The van der Waals surface area contributed by atoms with E-state index in [-0.39, 0.29) is 18.8 Å². The largest absolute Gasteiger partial charge is 0.493 e. The van der Waals surface area contributed by atoms with Gasteiger partial charge in [-0.05, 0) is 44.4 Å². The van der Waals surface area contributed by atoms with Crippen LogP contribution in [0, 0.1) is 0 Å². The van der Waals surface area contributed by atoms with E-state index in [0.29, 0.717) is 13.0 Å². The van der Waals surface area contributed by atoms with Gasteiger partial charge in [-0.1, -0.05) is 25.1 Å². The SMILES string of the molecule is CCC(CO)(CCCOc1ccccc1CCO)NC. The standard InChI is InChI=1S/C16H27NO3/c1-3-16(13-19,17-2)10-6-12-20-15-8-5-4-7-14(15)9-11-18/h4-5,7-8,17-19H,3,6,9-13H2,1-2H3. The maximum absolute atomic E-state index is 9.48. The molecule has 4 nitrogen and oxygen atoms in total. The minimum Gasteiger partial charge on any atom is -0.493 e. The number of aliphatic hydroxyl groups excluding tert-OH is 2. The molecule has 3 N–H and O–H groups in total. The first-order valence-corrected chi connectivity index (χ1v) is 7.32. The number of hydrogen-bond acceptors (Lipinski definition) is 4. The van der Waals surface area contributed by atoms with Crippen LogP contribution in [-0.2, 0) is 6.42 Å². The summed E-state index contributed by atoms with van der Waals surface area (Å²) in [6.45, 7) is 2.96. The van der Waals surface area contributed by atoms with Crippen LogP contribution in [0.1, 0.15) is 31.7 Å². The Morgan fingerprint density at radius 1 is 1.25 bits per heavy atom. The molecule has 0 aliphatic heterocycles. The van der Waals surface area contributed by atoms with Gasteiger partial charge in [0, 0.05) is 12.1 Å². The first kappa shape index (κ1) is 17.0. The lowest BCUT2D eigenvalue weighted by molar-refractivity contribution is 0.145. The highest BCUT2D eigenvalue weighted by Gasteiger charge is 2.24. The molecular weight excluding hydrogens is 254 g/mol. The minimum absolute atomic E-state index is 0.129. The quantitative estimate of drug-likeness (QED) is 0.572. The zero-order valence-electron chi connectivity index (χ0n) is 12.6. The van der Waals surface area contributed by atoms with E-state index in [2.05, 4.69) is 12.2 Å². The number of likely N-dealkylation sites (N-methyl/N-ethyl adjacent to an activating group) is 1. The number of ether oxygens (including phenoxy) is 1. The van der Waals surface area contributed by atoms with Gasteiger partial charge in [-0.25, -0.2) is 0 Å². The summed E-state index contributed by atoms with van der Waals surface area (Å²) >= 11 is 0. The molecule has 0 aliphatic carbocycles. The molecule has 20 heavy (non-hydrogen) atoms. The Hall–Kier alpha value is -1.10. The van der Waals surface area contributed by atoms with Crippen LogP contribution < -0.4 is 10.1 Å². The highest BCUT2D eigenvalue weighted by Crippen LogP contribution is 2.20. The normalized spacial score (nSPS) is 14.0. The molecule has 1 aromatic carbocycles. The van der Waals surface area contributed by atoms with Crippen LogP contribution >= 0.6 is 0 Å². The maximum atomic E-state index is 9.48. The molecule has 0 bridgehead atoms. The second kappa shape index (κ2) is 8.95. The minimum atomic E-state index is -0.200. The number of para-hydroxylation sites is 1. The molecule has 1 unspecified atom stereocenters. The topological polar surface area (TPSA) is 61.7 Å². The molecule has 0 amide bonds. The Morgan fingerprint density at radius 2 is 2.00 bits per heavy atom. The summed E-state index contributed by atoms with van der Waals surface area (Å²) in [4.78, 5) is 0. The van der Waals surface area contributed by atoms with Crippen molar-refractivity contribution in [1.82, 2.24) is 5.32 Å². The lowest BCUT2D eigenvalue weighted by atomic mass is 9.92. The van der Waals surface area contributed by atoms with Crippen molar-refractivity contribution in [2.45, 2.75) is 38.1 Å². The number of aliphatic hydroxyl groups is 2. The number of benzene rings is 1. The summed E-state index contributed by atoms with van der Waals surface area (Å²) in [5.74, 6) is 0.845.